The van der Waals surface area contributed by atoms with E-state index >= 15 is 0 Å². The van der Waals surface area contributed by atoms with E-state index in [0.717, 1.165) is 54.9 Å². The summed E-state index contributed by atoms with van der Waals surface area (Å²) in [6, 6.07) is 12.0. The number of carbonyl (C=O) groups is 1. The molecule has 0 unspecified atom stereocenters. The number of aliphatic imine (C=N–C) groups is 1. The second-order valence-electron chi connectivity index (χ2n) is 9.17. The van der Waals surface area contributed by atoms with Crippen LogP contribution in [0.2, 0.25) is 0 Å². The van der Waals surface area contributed by atoms with Crippen LogP contribution in [0.5, 0.6) is 5.75 Å². The number of methoxy groups -OCH3 is 1. The molecule has 2 aliphatic heterocycles. The van der Waals surface area contributed by atoms with Crippen molar-refractivity contribution in [3.8, 4) is 11.4 Å². The van der Waals surface area contributed by atoms with Crippen LogP contribution in [-0.2, 0) is 4.79 Å². The highest BCUT2D eigenvalue weighted by Crippen LogP contribution is 2.36. The van der Waals surface area contributed by atoms with Gasteiger partial charge in [0.05, 0.1) is 30.9 Å². The predicted octanol–water partition coefficient (Wildman–Crippen LogP) is 5.11. The number of ether oxygens (including phenoxy) is 1. The van der Waals surface area contributed by atoms with Crippen LogP contribution in [-0.4, -0.2) is 51.4 Å². The minimum absolute atomic E-state index is 0.145. The highest BCUT2D eigenvalue weighted by atomic mass is 19.1. The van der Waals surface area contributed by atoms with Crippen molar-refractivity contribution < 1.29 is 13.9 Å². The number of hydrogen-bond acceptors (Lipinski definition) is 5. The normalized spacial score (nSPS) is 18.6. The first kappa shape index (κ1) is 23.8. The first-order chi connectivity index (χ1) is 17.5. The number of halogens is 1. The van der Waals surface area contributed by atoms with Crippen molar-refractivity contribution in [1.82, 2.24) is 19.4 Å². The summed E-state index contributed by atoms with van der Waals surface area (Å²) in [6.07, 6.45) is 8.33. The zero-order valence-electron chi connectivity index (χ0n) is 20.8. The van der Waals surface area contributed by atoms with E-state index in [1.54, 1.807) is 36.5 Å². The van der Waals surface area contributed by atoms with Crippen molar-refractivity contribution in [3.63, 3.8) is 0 Å². The second-order valence-corrected chi connectivity index (χ2v) is 9.17. The van der Waals surface area contributed by atoms with Crippen LogP contribution in [0.25, 0.3) is 11.8 Å². The molecule has 3 aromatic rings. The average Bonchev–Trinajstić information content (AvgIpc) is 3.46. The number of rotatable bonds is 7. The number of aromatic nitrogens is 2. The zero-order chi connectivity index (χ0) is 25.2. The lowest BCUT2D eigenvalue weighted by molar-refractivity contribution is -0.125. The Labute approximate surface area is 210 Å². The third-order valence-corrected chi connectivity index (χ3v) is 6.67. The molecule has 2 aromatic carbocycles. The Kier molecular flexibility index (Phi) is 6.59. The number of fused-ring (bicyclic) bond motifs is 1. The lowest BCUT2D eigenvalue weighted by atomic mass is 9.99. The van der Waals surface area contributed by atoms with Crippen LogP contribution in [0, 0.1) is 12.7 Å². The fraction of sp³-hybridized carbons (Fsp3) is 0.321. The summed E-state index contributed by atoms with van der Waals surface area (Å²) >= 11 is 0. The number of nitrogens with zero attached hydrogens (tertiary/aromatic N) is 5. The third-order valence-electron chi connectivity index (χ3n) is 6.67. The molecule has 1 atom stereocenters. The van der Waals surface area contributed by atoms with E-state index < -0.39 is 0 Å². The van der Waals surface area contributed by atoms with E-state index in [2.05, 4.69) is 16.8 Å². The number of carbonyl (C=O) groups excluding carboxylic acids is 1. The first-order valence-corrected chi connectivity index (χ1v) is 12.3. The summed E-state index contributed by atoms with van der Waals surface area (Å²) in [5.74, 6) is 0.919. The Balaban J connectivity index is 1.49. The fourth-order valence-electron chi connectivity index (χ4n) is 4.80. The molecule has 0 N–H and O–H groups in total. The number of imidazole rings is 1. The van der Waals surface area contributed by atoms with Crippen molar-refractivity contribution in [2.45, 2.75) is 39.2 Å². The molecule has 7 nitrogen and oxygen atoms in total. The van der Waals surface area contributed by atoms with E-state index in [1.165, 1.54) is 12.1 Å². The van der Waals surface area contributed by atoms with Gasteiger partial charge in [0.2, 0.25) is 5.96 Å². The van der Waals surface area contributed by atoms with Crippen LogP contribution < -0.4 is 4.74 Å². The highest BCUT2D eigenvalue weighted by Gasteiger charge is 2.42. The quantitative estimate of drug-likeness (QED) is 0.434. The monoisotopic (exact) mass is 487 g/mol. The molecule has 1 fully saturated rings. The van der Waals surface area contributed by atoms with E-state index in [0.29, 0.717) is 17.4 Å². The molecule has 8 heteroatoms. The number of benzene rings is 2. The zero-order valence-corrected chi connectivity index (χ0v) is 20.8. The summed E-state index contributed by atoms with van der Waals surface area (Å²) in [6.45, 7) is 5.72. The van der Waals surface area contributed by atoms with Crippen LogP contribution in [0.3, 0.4) is 0 Å². The van der Waals surface area contributed by atoms with Gasteiger partial charge in [-0.1, -0.05) is 31.5 Å². The molecular weight excluding hydrogens is 457 g/mol. The molecule has 0 bridgehead atoms. The van der Waals surface area contributed by atoms with E-state index in [-0.39, 0.29) is 17.8 Å². The Bertz CT molecular complexity index is 1330. The predicted molar refractivity (Wildman–Crippen MR) is 137 cm³/mol. The molecule has 36 heavy (non-hydrogen) atoms. The number of hydrogen-bond donors (Lipinski definition) is 0. The Morgan fingerprint density at radius 1 is 1.19 bits per heavy atom. The van der Waals surface area contributed by atoms with Crippen molar-refractivity contribution >= 4 is 17.9 Å². The van der Waals surface area contributed by atoms with Gasteiger partial charge in [-0.15, -0.1) is 0 Å². The molecule has 186 valence electrons. The van der Waals surface area contributed by atoms with Gasteiger partial charge in [-0.2, -0.15) is 0 Å². The van der Waals surface area contributed by atoms with Gasteiger partial charge in [-0.25, -0.2) is 14.4 Å². The van der Waals surface area contributed by atoms with Crippen molar-refractivity contribution in [2.24, 2.45) is 4.99 Å². The molecule has 1 aromatic heterocycles. The van der Waals surface area contributed by atoms with E-state index in [1.807, 2.05) is 35.9 Å². The van der Waals surface area contributed by atoms with E-state index in [9.17, 15) is 9.18 Å². The van der Waals surface area contributed by atoms with Gasteiger partial charge in [0, 0.05) is 19.3 Å². The van der Waals surface area contributed by atoms with Crippen molar-refractivity contribution in [3.05, 3.63) is 83.3 Å². The van der Waals surface area contributed by atoms with Crippen LogP contribution >= 0.6 is 0 Å². The molecule has 0 radical (unpaired) electrons. The average molecular weight is 488 g/mol. The van der Waals surface area contributed by atoms with Gasteiger partial charge < -0.3 is 14.2 Å². The number of amides is 1. The molecule has 0 aliphatic carbocycles. The molecule has 0 saturated carbocycles. The van der Waals surface area contributed by atoms with Crippen LogP contribution in [0.4, 0.5) is 4.39 Å². The Morgan fingerprint density at radius 2 is 2.00 bits per heavy atom. The molecule has 5 rings (SSSR count). The number of unbranched alkanes of at least 4 members (excludes halogenated alkanes) is 1. The number of aryl methyl sites for hydroxylation is 1. The lowest BCUT2D eigenvalue weighted by Crippen LogP contribution is -2.51. The Morgan fingerprint density at radius 3 is 2.69 bits per heavy atom. The second kappa shape index (κ2) is 9.97. The van der Waals surface area contributed by atoms with Crippen LogP contribution in [0.15, 0.2) is 65.7 Å². The van der Waals surface area contributed by atoms with Gasteiger partial charge in [-0.05, 0) is 61.2 Å². The van der Waals surface area contributed by atoms with E-state index in [4.69, 9.17) is 9.73 Å². The largest absolute Gasteiger partial charge is 0.495 e. The maximum atomic E-state index is 13.7. The summed E-state index contributed by atoms with van der Waals surface area (Å²) in [4.78, 5) is 26.7. The highest BCUT2D eigenvalue weighted by molar-refractivity contribution is 6.14. The van der Waals surface area contributed by atoms with Gasteiger partial charge in [0.15, 0.2) is 0 Å². The van der Waals surface area contributed by atoms with Gasteiger partial charge in [0.1, 0.15) is 17.3 Å². The minimum atomic E-state index is -0.287. The molecular formula is C28H30FN5O2. The Hall–Kier alpha value is -3.94. The maximum Gasteiger partial charge on any atom is 0.279 e. The number of guanidine groups is 1. The summed E-state index contributed by atoms with van der Waals surface area (Å²) < 4.78 is 21.1. The standard InChI is InChI=1S/C28H30FN5O2/c1-4-5-13-32-14-12-24(21-7-9-22(29)10-8-21)34-27(35)23(31-28(32)34)15-20-6-11-25(26(16-20)36-3)33-17-19(2)30-18-33/h6-11,15-18,24H,4-5,12-14H2,1-3H3/b23-15-/t24-/m0/s1. The molecule has 0 spiro atoms. The summed E-state index contributed by atoms with van der Waals surface area (Å²) in [5, 5.41) is 0. The summed E-state index contributed by atoms with van der Waals surface area (Å²) in [7, 11) is 1.62. The van der Waals surface area contributed by atoms with Crippen molar-refractivity contribution in [1.29, 1.82) is 0 Å². The van der Waals surface area contributed by atoms with Gasteiger partial charge in [-0.3, -0.25) is 9.69 Å². The molecule has 1 saturated heterocycles. The summed E-state index contributed by atoms with van der Waals surface area (Å²) in [5.41, 5.74) is 3.89. The fourth-order valence-corrected chi connectivity index (χ4v) is 4.80. The minimum Gasteiger partial charge on any atom is -0.495 e. The van der Waals surface area contributed by atoms with Gasteiger partial charge >= 0.3 is 0 Å². The molecule has 1 amide bonds. The van der Waals surface area contributed by atoms with Gasteiger partial charge in [0.25, 0.3) is 5.91 Å². The molecule has 2 aliphatic rings. The molecule has 3 heterocycles. The topological polar surface area (TPSA) is 63.0 Å². The first-order valence-electron chi connectivity index (χ1n) is 12.3. The van der Waals surface area contributed by atoms with Crippen LogP contribution in [0.1, 0.15) is 49.0 Å². The lowest BCUT2D eigenvalue weighted by Gasteiger charge is -2.40. The third kappa shape index (κ3) is 4.51. The van der Waals surface area contributed by atoms with Crippen molar-refractivity contribution in [2.75, 3.05) is 20.2 Å². The SMILES string of the molecule is CCCCN1CC[C@@H](c2ccc(F)cc2)N2C(=O)/C(=C/c3ccc(-n4cnc(C)c4)c(OC)c3)N=C12. The maximum absolute atomic E-state index is 13.7. The smallest absolute Gasteiger partial charge is 0.279 e.